The summed E-state index contributed by atoms with van der Waals surface area (Å²) in [6.07, 6.45) is 5.35. The fourth-order valence-corrected chi connectivity index (χ4v) is 5.55. The van der Waals surface area contributed by atoms with Gasteiger partial charge < -0.3 is 15.0 Å². The summed E-state index contributed by atoms with van der Waals surface area (Å²) in [6.45, 7) is 2.63. The zero-order valence-corrected chi connectivity index (χ0v) is 20.0. The molecule has 2 N–H and O–H groups in total. The number of fused-ring (bicyclic) bond motifs is 1. The quantitative estimate of drug-likeness (QED) is 0.572. The predicted molar refractivity (Wildman–Crippen MR) is 131 cm³/mol. The number of nitrogens with zero attached hydrogens (tertiary/aromatic N) is 1. The van der Waals surface area contributed by atoms with Crippen LogP contribution in [0.15, 0.2) is 48.5 Å². The molecule has 1 unspecified atom stereocenters. The Bertz CT molecular complexity index is 1090. The lowest BCUT2D eigenvalue weighted by Crippen LogP contribution is -2.52. The summed E-state index contributed by atoms with van der Waals surface area (Å²) in [6, 6.07) is 16.1. The Balaban J connectivity index is 1.11. The fourth-order valence-electron chi connectivity index (χ4n) is 5.55. The van der Waals surface area contributed by atoms with Gasteiger partial charge in [-0.2, -0.15) is 0 Å². The molecule has 184 valence electrons. The highest BCUT2D eigenvalue weighted by Crippen LogP contribution is 2.29. The van der Waals surface area contributed by atoms with Gasteiger partial charge in [-0.1, -0.05) is 48.9 Å². The van der Waals surface area contributed by atoms with E-state index < -0.39 is 6.04 Å². The van der Waals surface area contributed by atoms with Crippen molar-refractivity contribution < 1.29 is 19.1 Å². The molecule has 7 nitrogen and oxygen atoms in total. The van der Waals surface area contributed by atoms with Crippen LogP contribution in [0.2, 0.25) is 0 Å². The number of amides is 3. The smallest absolute Gasteiger partial charge is 0.255 e. The summed E-state index contributed by atoms with van der Waals surface area (Å²) < 4.78 is 5.99. The van der Waals surface area contributed by atoms with E-state index in [1.807, 2.05) is 30.3 Å². The molecule has 3 aliphatic rings. The predicted octanol–water partition coefficient (Wildman–Crippen LogP) is 3.31. The lowest BCUT2D eigenvalue weighted by molar-refractivity contribution is -0.136. The first kappa shape index (κ1) is 23.7. The molecule has 2 heterocycles. The third-order valence-electron chi connectivity index (χ3n) is 7.43. The minimum Gasteiger partial charge on any atom is -0.376 e. The van der Waals surface area contributed by atoms with Crippen LogP contribution in [0.4, 0.5) is 0 Å². The Morgan fingerprint density at radius 2 is 1.86 bits per heavy atom. The van der Waals surface area contributed by atoms with E-state index in [1.54, 1.807) is 4.90 Å². The molecule has 0 spiro atoms. The van der Waals surface area contributed by atoms with Crippen molar-refractivity contribution in [2.24, 2.45) is 5.92 Å². The van der Waals surface area contributed by atoms with Gasteiger partial charge in [-0.15, -0.1) is 0 Å². The first-order chi connectivity index (χ1) is 17.1. The van der Waals surface area contributed by atoms with Gasteiger partial charge in [-0.25, -0.2) is 0 Å². The molecule has 1 saturated heterocycles. The molecular weight excluding hydrogens is 442 g/mol. The summed E-state index contributed by atoms with van der Waals surface area (Å²) >= 11 is 0. The van der Waals surface area contributed by atoms with Crippen molar-refractivity contribution in [2.45, 2.75) is 70.3 Å². The van der Waals surface area contributed by atoms with E-state index >= 15 is 0 Å². The molecule has 2 aromatic rings. The summed E-state index contributed by atoms with van der Waals surface area (Å²) in [5, 5.41) is 6.06. The molecule has 0 radical (unpaired) electrons. The van der Waals surface area contributed by atoms with E-state index in [0.29, 0.717) is 37.1 Å². The molecule has 3 atom stereocenters. The number of rotatable bonds is 8. The van der Waals surface area contributed by atoms with Crippen LogP contribution in [0.25, 0.3) is 0 Å². The molecule has 2 aliphatic heterocycles. The molecule has 1 saturated carbocycles. The number of nitrogens with one attached hydrogen (secondary N) is 2. The second-order valence-corrected chi connectivity index (χ2v) is 10.0. The maximum absolute atomic E-state index is 12.9. The first-order valence-corrected chi connectivity index (χ1v) is 12.7. The van der Waals surface area contributed by atoms with Gasteiger partial charge in [0.25, 0.3) is 5.91 Å². The third kappa shape index (κ3) is 5.63. The average molecular weight is 476 g/mol. The van der Waals surface area contributed by atoms with Crippen molar-refractivity contribution in [2.75, 3.05) is 6.61 Å². The standard InChI is InChI=1S/C28H33N3O4/c32-26-12-11-25(27(33)30-26)31-16-22-13-20(9-10-24(22)28(31)34)15-29-23-8-4-7-21(14-23)18-35-17-19-5-2-1-3-6-19/h1-3,5-6,9-10,13,21,23,25,29H,4,7-8,11-12,14-18H2,(H,30,32,33)/t21-,23+,25?/m0/s1. The number of benzene rings is 2. The normalized spacial score (nSPS) is 24.4. The number of piperidine rings is 1. The first-order valence-electron chi connectivity index (χ1n) is 12.7. The largest absolute Gasteiger partial charge is 0.376 e. The topological polar surface area (TPSA) is 87.7 Å². The van der Waals surface area contributed by atoms with Gasteiger partial charge in [0.05, 0.1) is 6.61 Å². The Morgan fingerprint density at radius 1 is 1.00 bits per heavy atom. The van der Waals surface area contributed by atoms with E-state index in [2.05, 4.69) is 28.8 Å². The molecule has 2 fully saturated rings. The second-order valence-electron chi connectivity index (χ2n) is 10.0. The van der Waals surface area contributed by atoms with Crippen molar-refractivity contribution in [3.63, 3.8) is 0 Å². The van der Waals surface area contributed by atoms with Crippen molar-refractivity contribution in [3.05, 3.63) is 70.8 Å². The number of hydrogen-bond acceptors (Lipinski definition) is 5. The van der Waals surface area contributed by atoms with Crippen molar-refractivity contribution in [1.82, 2.24) is 15.5 Å². The van der Waals surface area contributed by atoms with Gasteiger partial charge in [0.15, 0.2) is 0 Å². The maximum atomic E-state index is 12.9. The lowest BCUT2D eigenvalue weighted by atomic mass is 9.86. The van der Waals surface area contributed by atoms with Crippen LogP contribution >= 0.6 is 0 Å². The number of imide groups is 1. The summed E-state index contributed by atoms with van der Waals surface area (Å²) in [5.41, 5.74) is 3.97. The van der Waals surface area contributed by atoms with Gasteiger partial charge in [-0.3, -0.25) is 19.7 Å². The Morgan fingerprint density at radius 3 is 2.69 bits per heavy atom. The maximum Gasteiger partial charge on any atom is 0.255 e. The molecular formula is C28H33N3O4. The Hall–Kier alpha value is -3.03. The molecule has 0 aromatic heterocycles. The van der Waals surface area contributed by atoms with Gasteiger partial charge >= 0.3 is 0 Å². The zero-order valence-electron chi connectivity index (χ0n) is 20.0. The van der Waals surface area contributed by atoms with Gasteiger partial charge in [0.1, 0.15) is 6.04 Å². The lowest BCUT2D eigenvalue weighted by Gasteiger charge is -2.30. The van der Waals surface area contributed by atoms with E-state index in [4.69, 9.17) is 4.74 Å². The van der Waals surface area contributed by atoms with E-state index in [1.165, 1.54) is 24.8 Å². The van der Waals surface area contributed by atoms with E-state index in [9.17, 15) is 14.4 Å². The Kier molecular flexibility index (Phi) is 7.25. The fraction of sp³-hybridized carbons (Fsp3) is 0.464. The summed E-state index contributed by atoms with van der Waals surface area (Å²) in [7, 11) is 0. The van der Waals surface area contributed by atoms with Crippen molar-refractivity contribution in [3.8, 4) is 0 Å². The number of carbonyl (C=O) groups excluding carboxylic acids is 3. The average Bonchev–Trinajstić information content (AvgIpc) is 3.19. The molecule has 35 heavy (non-hydrogen) atoms. The number of carbonyl (C=O) groups is 3. The molecule has 5 rings (SSSR count). The van der Waals surface area contributed by atoms with E-state index in [0.717, 1.165) is 30.7 Å². The van der Waals surface area contributed by atoms with Crippen molar-refractivity contribution >= 4 is 17.7 Å². The summed E-state index contributed by atoms with van der Waals surface area (Å²) in [5.74, 6) is -0.190. The van der Waals surface area contributed by atoms with Gasteiger partial charge in [0, 0.05) is 37.7 Å². The SMILES string of the molecule is O=C1CCC(N2Cc3cc(CN[C@@H]4CCC[C@H](COCc5ccccc5)C4)ccc3C2=O)C(=O)N1. The highest BCUT2D eigenvalue weighted by atomic mass is 16.5. The van der Waals surface area contributed by atoms with Gasteiger partial charge in [-0.05, 0) is 54.4 Å². The molecule has 2 aromatic carbocycles. The van der Waals surface area contributed by atoms with Crippen LogP contribution in [0.1, 0.15) is 65.6 Å². The molecule has 1 aliphatic carbocycles. The second kappa shape index (κ2) is 10.7. The van der Waals surface area contributed by atoms with Crippen molar-refractivity contribution in [1.29, 1.82) is 0 Å². The highest BCUT2D eigenvalue weighted by molar-refractivity contribution is 6.05. The number of hydrogen-bond donors (Lipinski definition) is 2. The minimum absolute atomic E-state index is 0.125. The third-order valence-corrected chi connectivity index (χ3v) is 7.43. The molecule has 3 amide bonds. The molecule has 0 bridgehead atoms. The van der Waals surface area contributed by atoms with Crippen LogP contribution in [0.3, 0.4) is 0 Å². The Labute approximate surface area is 206 Å². The highest BCUT2D eigenvalue weighted by Gasteiger charge is 2.39. The zero-order chi connectivity index (χ0) is 24.2. The van der Waals surface area contributed by atoms with Crippen LogP contribution in [0, 0.1) is 5.92 Å². The van der Waals surface area contributed by atoms with E-state index in [-0.39, 0.29) is 24.1 Å². The van der Waals surface area contributed by atoms with Crippen LogP contribution < -0.4 is 10.6 Å². The van der Waals surface area contributed by atoms with Crippen LogP contribution in [-0.2, 0) is 34.0 Å². The summed E-state index contributed by atoms with van der Waals surface area (Å²) in [4.78, 5) is 38.2. The monoisotopic (exact) mass is 475 g/mol. The number of ether oxygens (including phenoxy) is 1. The van der Waals surface area contributed by atoms with Crippen LogP contribution in [0.5, 0.6) is 0 Å². The van der Waals surface area contributed by atoms with Gasteiger partial charge in [0.2, 0.25) is 11.8 Å². The molecule has 7 heteroatoms. The minimum atomic E-state index is -0.572. The van der Waals surface area contributed by atoms with Crippen LogP contribution in [-0.4, -0.2) is 41.3 Å².